The summed E-state index contributed by atoms with van der Waals surface area (Å²) in [4.78, 5) is 18.3. The van der Waals surface area contributed by atoms with E-state index in [0.717, 1.165) is 5.56 Å². The van der Waals surface area contributed by atoms with Gasteiger partial charge in [-0.25, -0.2) is 9.37 Å². The van der Waals surface area contributed by atoms with Gasteiger partial charge >= 0.3 is 0 Å². The molecule has 1 atom stereocenters. The number of nitrogens with zero attached hydrogens (tertiary/aromatic N) is 1. The monoisotopic (exact) mass is 242 g/mol. The molecule has 1 aliphatic rings. The molecule has 0 spiro atoms. The number of H-pyrrole nitrogens is 1. The molecule has 1 unspecified atom stereocenters. The number of rotatable bonds is 1. The van der Waals surface area contributed by atoms with Gasteiger partial charge in [0, 0.05) is 5.92 Å². The number of aromatic amines is 1. The van der Waals surface area contributed by atoms with Crippen LogP contribution >= 0.6 is 0 Å². The molecule has 0 bridgehead atoms. The third-order valence-electron chi connectivity index (χ3n) is 3.15. The molecule has 0 saturated carbocycles. The maximum atomic E-state index is 12.9. The predicted octanol–water partition coefficient (Wildman–Crippen LogP) is 2.82. The fourth-order valence-corrected chi connectivity index (χ4v) is 2.16. The van der Waals surface area contributed by atoms with Gasteiger partial charge in [-0.3, -0.25) is 4.79 Å². The largest absolute Gasteiger partial charge is 0.313 e. The van der Waals surface area contributed by atoms with Gasteiger partial charge in [0.25, 0.3) is 5.56 Å². The average Bonchev–Trinajstić information content (AvgIpc) is 2.40. The van der Waals surface area contributed by atoms with Gasteiger partial charge in [0.05, 0.1) is 17.2 Å². The van der Waals surface area contributed by atoms with Crippen molar-refractivity contribution in [2.45, 2.75) is 12.3 Å². The van der Waals surface area contributed by atoms with Gasteiger partial charge in [-0.15, -0.1) is 0 Å². The van der Waals surface area contributed by atoms with Crippen LogP contribution in [0.15, 0.2) is 53.4 Å². The van der Waals surface area contributed by atoms with E-state index in [2.05, 4.69) is 9.97 Å². The second-order valence-electron chi connectivity index (χ2n) is 4.30. The first kappa shape index (κ1) is 10.9. The summed E-state index contributed by atoms with van der Waals surface area (Å²) in [6.07, 6.45) is 6.85. The lowest BCUT2D eigenvalue weighted by Crippen LogP contribution is -2.07. The molecule has 1 N–H and O–H groups in total. The molecule has 2 aromatic rings. The van der Waals surface area contributed by atoms with Crippen LogP contribution in [0.5, 0.6) is 0 Å². The van der Waals surface area contributed by atoms with Crippen LogP contribution in [0.25, 0.3) is 10.9 Å². The molecular formula is C14H11FN2O. The lowest BCUT2D eigenvalue weighted by atomic mass is 9.91. The molecule has 1 aromatic carbocycles. The van der Waals surface area contributed by atoms with Crippen LogP contribution in [0.4, 0.5) is 4.39 Å². The summed E-state index contributed by atoms with van der Waals surface area (Å²) < 4.78 is 12.9. The summed E-state index contributed by atoms with van der Waals surface area (Å²) in [7, 11) is 0. The Kier molecular flexibility index (Phi) is 2.55. The van der Waals surface area contributed by atoms with Gasteiger partial charge in [-0.2, -0.15) is 0 Å². The highest BCUT2D eigenvalue weighted by Crippen LogP contribution is 2.28. The maximum absolute atomic E-state index is 12.9. The predicted molar refractivity (Wildman–Crippen MR) is 68.1 cm³/mol. The molecule has 0 amide bonds. The Balaban J connectivity index is 2.07. The lowest BCUT2D eigenvalue weighted by molar-refractivity contribution is 0.643. The van der Waals surface area contributed by atoms with E-state index >= 15 is 0 Å². The third-order valence-corrected chi connectivity index (χ3v) is 3.15. The van der Waals surface area contributed by atoms with Crippen LogP contribution in [-0.2, 0) is 0 Å². The molecule has 3 rings (SSSR count). The van der Waals surface area contributed by atoms with Crippen molar-refractivity contribution in [3.05, 3.63) is 64.5 Å². The molecule has 1 heterocycles. The molecule has 4 heteroatoms. The lowest BCUT2D eigenvalue weighted by Gasteiger charge is -2.14. The zero-order valence-corrected chi connectivity index (χ0v) is 9.56. The van der Waals surface area contributed by atoms with E-state index in [4.69, 9.17) is 0 Å². The van der Waals surface area contributed by atoms with Crippen LogP contribution < -0.4 is 5.56 Å². The minimum atomic E-state index is -0.202. The van der Waals surface area contributed by atoms with E-state index in [1.807, 2.05) is 24.3 Å². The van der Waals surface area contributed by atoms with Gasteiger partial charge in [0.15, 0.2) is 0 Å². The Bertz CT molecular complexity index is 715. The fraction of sp³-hybridized carbons (Fsp3) is 0.143. The Morgan fingerprint density at radius 1 is 1.39 bits per heavy atom. The van der Waals surface area contributed by atoms with Crippen LogP contribution in [-0.4, -0.2) is 9.97 Å². The number of nitrogens with one attached hydrogen (secondary N) is 1. The molecule has 3 nitrogen and oxygen atoms in total. The van der Waals surface area contributed by atoms with Crippen LogP contribution in [0.1, 0.15) is 17.9 Å². The zero-order valence-electron chi connectivity index (χ0n) is 9.56. The highest BCUT2D eigenvalue weighted by Gasteiger charge is 2.12. The molecule has 0 fully saturated rings. The molecule has 1 aromatic heterocycles. The number of hydrogen-bond donors (Lipinski definition) is 1. The number of benzene rings is 1. The Labute approximate surface area is 103 Å². The van der Waals surface area contributed by atoms with E-state index in [9.17, 15) is 9.18 Å². The van der Waals surface area contributed by atoms with E-state index < -0.39 is 0 Å². The first-order valence-electron chi connectivity index (χ1n) is 5.75. The van der Waals surface area contributed by atoms with Crippen molar-refractivity contribution in [2.24, 2.45) is 0 Å². The van der Waals surface area contributed by atoms with E-state index in [-0.39, 0.29) is 17.3 Å². The highest BCUT2D eigenvalue weighted by molar-refractivity contribution is 5.78. The topological polar surface area (TPSA) is 45.8 Å². The first-order valence-corrected chi connectivity index (χ1v) is 5.75. The smallest absolute Gasteiger partial charge is 0.258 e. The van der Waals surface area contributed by atoms with Crippen molar-refractivity contribution >= 4 is 10.9 Å². The molecule has 90 valence electrons. The van der Waals surface area contributed by atoms with Crippen molar-refractivity contribution < 1.29 is 4.39 Å². The quantitative estimate of drug-likeness (QED) is 0.835. The van der Waals surface area contributed by atoms with Gasteiger partial charge in [-0.1, -0.05) is 12.1 Å². The SMILES string of the molecule is O=c1[nH]cnc2ccc(C3C=CC(F)=CC3)cc12. The average molecular weight is 242 g/mol. The van der Waals surface area contributed by atoms with Crippen LogP contribution in [0.3, 0.4) is 0 Å². The number of halogens is 1. The van der Waals surface area contributed by atoms with Gasteiger partial charge in [0.1, 0.15) is 5.83 Å². The van der Waals surface area contributed by atoms with E-state index in [1.54, 1.807) is 6.08 Å². The van der Waals surface area contributed by atoms with Crippen molar-refractivity contribution in [1.29, 1.82) is 0 Å². The summed E-state index contributed by atoms with van der Waals surface area (Å²) in [6, 6.07) is 5.58. The second kappa shape index (κ2) is 4.22. The van der Waals surface area contributed by atoms with Gasteiger partial charge < -0.3 is 4.98 Å². The Morgan fingerprint density at radius 2 is 2.28 bits per heavy atom. The number of aromatic nitrogens is 2. The molecule has 0 radical (unpaired) electrons. The van der Waals surface area contributed by atoms with Gasteiger partial charge in [-0.05, 0) is 36.3 Å². The molecule has 0 aliphatic heterocycles. The number of allylic oxidation sites excluding steroid dienone is 4. The van der Waals surface area contributed by atoms with Crippen molar-refractivity contribution in [3.63, 3.8) is 0 Å². The van der Waals surface area contributed by atoms with Crippen molar-refractivity contribution in [3.8, 4) is 0 Å². The summed E-state index contributed by atoms with van der Waals surface area (Å²) in [5.74, 6) is -0.0833. The van der Waals surface area contributed by atoms with Crippen molar-refractivity contribution in [2.75, 3.05) is 0 Å². The van der Waals surface area contributed by atoms with E-state index in [1.165, 1.54) is 12.4 Å². The first-order chi connectivity index (χ1) is 8.74. The second-order valence-corrected chi connectivity index (χ2v) is 4.30. The van der Waals surface area contributed by atoms with Crippen molar-refractivity contribution in [1.82, 2.24) is 9.97 Å². The number of fused-ring (bicyclic) bond motifs is 1. The molecular weight excluding hydrogens is 231 g/mol. The molecule has 1 aliphatic carbocycles. The fourth-order valence-electron chi connectivity index (χ4n) is 2.16. The summed E-state index contributed by atoms with van der Waals surface area (Å²) in [5, 5.41) is 0.568. The molecule has 18 heavy (non-hydrogen) atoms. The maximum Gasteiger partial charge on any atom is 0.258 e. The highest BCUT2D eigenvalue weighted by atomic mass is 19.1. The third kappa shape index (κ3) is 1.86. The number of hydrogen-bond acceptors (Lipinski definition) is 2. The van der Waals surface area contributed by atoms with Crippen LogP contribution in [0, 0.1) is 0 Å². The minimum Gasteiger partial charge on any atom is -0.313 e. The summed E-state index contributed by atoms with van der Waals surface area (Å²) in [5.41, 5.74) is 1.52. The summed E-state index contributed by atoms with van der Waals surface area (Å²) in [6.45, 7) is 0. The Morgan fingerprint density at radius 3 is 3.06 bits per heavy atom. The Hall–Kier alpha value is -2.23. The van der Waals surface area contributed by atoms with Crippen LogP contribution in [0.2, 0.25) is 0 Å². The normalized spacial score (nSPS) is 18.9. The summed E-state index contributed by atoms with van der Waals surface area (Å²) >= 11 is 0. The van der Waals surface area contributed by atoms with Gasteiger partial charge in [0.2, 0.25) is 0 Å². The molecule has 0 saturated heterocycles. The zero-order chi connectivity index (χ0) is 12.5. The minimum absolute atomic E-state index is 0.119. The standard InChI is InChI=1S/C14H11FN2O/c15-11-4-1-9(2-5-11)10-3-6-13-12(7-10)14(18)17-8-16-13/h1,3-9H,2H2,(H,16,17,18). The van der Waals surface area contributed by atoms with E-state index in [0.29, 0.717) is 17.3 Å².